The second-order valence-corrected chi connectivity index (χ2v) is 3.24. The normalized spacial score (nSPS) is 11.5. The second kappa shape index (κ2) is 5.88. The van der Waals surface area contributed by atoms with E-state index in [4.69, 9.17) is 4.74 Å². The van der Waals surface area contributed by atoms with E-state index in [0.717, 1.165) is 0 Å². The lowest BCUT2D eigenvalue weighted by Crippen LogP contribution is -2.28. The summed E-state index contributed by atoms with van der Waals surface area (Å²) in [4.78, 5) is 19.3. The van der Waals surface area contributed by atoms with Crippen LogP contribution in [0.4, 0.5) is 11.6 Å². The lowest BCUT2D eigenvalue weighted by atomic mass is 10.3. The van der Waals surface area contributed by atoms with Gasteiger partial charge < -0.3 is 20.1 Å². The number of nitrogens with zero attached hydrogens (tertiary/aromatic N) is 2. The molecule has 94 valence electrons. The zero-order valence-corrected chi connectivity index (χ0v) is 10.3. The Hall–Kier alpha value is -2.05. The van der Waals surface area contributed by atoms with Crippen LogP contribution in [-0.4, -0.2) is 43.2 Å². The first-order chi connectivity index (χ1) is 8.13. The first kappa shape index (κ1) is 13.0. The highest BCUT2D eigenvalue weighted by Crippen LogP contribution is 2.28. The van der Waals surface area contributed by atoms with E-state index in [0.29, 0.717) is 17.4 Å². The van der Waals surface area contributed by atoms with Crippen LogP contribution >= 0.6 is 0 Å². The molecule has 0 radical (unpaired) electrons. The fourth-order valence-electron chi connectivity index (χ4n) is 1.29. The minimum absolute atomic E-state index is 0.378. The van der Waals surface area contributed by atoms with E-state index in [2.05, 4.69) is 25.3 Å². The maximum Gasteiger partial charge on any atom is 0.328 e. The van der Waals surface area contributed by atoms with Gasteiger partial charge >= 0.3 is 5.97 Å². The summed E-state index contributed by atoms with van der Waals surface area (Å²) in [6, 6.07) is -0.520. The van der Waals surface area contributed by atoms with E-state index < -0.39 is 6.04 Å². The predicted molar refractivity (Wildman–Crippen MR) is 63.2 cm³/mol. The molecule has 1 atom stereocenters. The van der Waals surface area contributed by atoms with Crippen molar-refractivity contribution in [3.05, 3.63) is 6.33 Å². The Kier molecular flexibility index (Phi) is 4.50. The number of carbonyl (C=O) groups is 1. The van der Waals surface area contributed by atoms with Gasteiger partial charge in [0.05, 0.1) is 14.2 Å². The number of ether oxygens (including phenoxy) is 2. The van der Waals surface area contributed by atoms with Crippen LogP contribution in [0.5, 0.6) is 5.75 Å². The summed E-state index contributed by atoms with van der Waals surface area (Å²) in [5.74, 6) is 1.05. The molecule has 1 unspecified atom stereocenters. The molecule has 0 amide bonds. The van der Waals surface area contributed by atoms with E-state index in [1.807, 2.05) is 0 Å². The van der Waals surface area contributed by atoms with Crippen LogP contribution in [0, 0.1) is 0 Å². The fraction of sp³-hybridized carbons (Fsp3) is 0.500. The number of rotatable bonds is 5. The molecule has 0 fully saturated rings. The van der Waals surface area contributed by atoms with E-state index >= 15 is 0 Å². The summed E-state index contributed by atoms with van der Waals surface area (Å²) in [6.45, 7) is 1.67. The van der Waals surface area contributed by atoms with Gasteiger partial charge in [-0.1, -0.05) is 0 Å². The minimum atomic E-state index is -0.520. The molecule has 7 nitrogen and oxygen atoms in total. The van der Waals surface area contributed by atoms with Crippen molar-refractivity contribution in [3.63, 3.8) is 0 Å². The Morgan fingerprint density at radius 3 is 2.53 bits per heavy atom. The van der Waals surface area contributed by atoms with Gasteiger partial charge in [-0.2, -0.15) is 0 Å². The number of aromatic nitrogens is 2. The molecule has 1 heterocycles. The molecule has 0 saturated heterocycles. The van der Waals surface area contributed by atoms with Crippen LogP contribution < -0.4 is 15.4 Å². The van der Waals surface area contributed by atoms with Gasteiger partial charge in [-0.15, -0.1) is 0 Å². The van der Waals surface area contributed by atoms with Gasteiger partial charge in [0.25, 0.3) is 0 Å². The molecule has 0 aliphatic rings. The summed E-state index contributed by atoms with van der Waals surface area (Å²) in [5.41, 5.74) is 0. The summed E-state index contributed by atoms with van der Waals surface area (Å²) in [6.07, 6.45) is 1.38. The lowest BCUT2D eigenvalue weighted by molar-refractivity contribution is -0.141. The maximum atomic E-state index is 11.3. The molecule has 17 heavy (non-hydrogen) atoms. The Balaban J connectivity index is 2.94. The molecule has 0 aliphatic heterocycles. The van der Waals surface area contributed by atoms with Crippen molar-refractivity contribution in [3.8, 4) is 5.75 Å². The van der Waals surface area contributed by atoms with Crippen molar-refractivity contribution in [1.29, 1.82) is 0 Å². The number of anilines is 2. The fourth-order valence-corrected chi connectivity index (χ4v) is 1.29. The highest BCUT2D eigenvalue weighted by atomic mass is 16.5. The van der Waals surface area contributed by atoms with Gasteiger partial charge in [-0.05, 0) is 6.92 Å². The van der Waals surface area contributed by atoms with Crippen LogP contribution in [-0.2, 0) is 9.53 Å². The smallest absolute Gasteiger partial charge is 0.328 e. The minimum Gasteiger partial charge on any atom is -0.490 e. The molecule has 0 aliphatic carbocycles. The molecule has 7 heteroatoms. The van der Waals surface area contributed by atoms with Crippen LogP contribution in [0.3, 0.4) is 0 Å². The molecular formula is C10H16N4O3. The summed E-state index contributed by atoms with van der Waals surface area (Å²) in [7, 11) is 4.56. The zero-order chi connectivity index (χ0) is 12.8. The molecule has 0 bridgehead atoms. The Morgan fingerprint density at radius 2 is 2.00 bits per heavy atom. The summed E-state index contributed by atoms with van der Waals surface area (Å²) >= 11 is 0. The predicted octanol–water partition coefficient (Wildman–Crippen LogP) is 0.500. The average Bonchev–Trinajstić information content (AvgIpc) is 2.37. The highest BCUT2D eigenvalue weighted by molar-refractivity contribution is 5.79. The largest absolute Gasteiger partial charge is 0.490 e. The zero-order valence-electron chi connectivity index (χ0n) is 10.3. The monoisotopic (exact) mass is 240 g/mol. The van der Waals surface area contributed by atoms with Crippen molar-refractivity contribution >= 4 is 17.6 Å². The molecular weight excluding hydrogens is 224 g/mol. The second-order valence-electron chi connectivity index (χ2n) is 3.24. The van der Waals surface area contributed by atoms with Crippen molar-refractivity contribution in [1.82, 2.24) is 9.97 Å². The Labute approximate surface area is 99.5 Å². The summed E-state index contributed by atoms with van der Waals surface area (Å²) in [5, 5.41) is 5.77. The number of hydrogen-bond donors (Lipinski definition) is 2. The Morgan fingerprint density at radius 1 is 1.35 bits per heavy atom. The lowest BCUT2D eigenvalue weighted by Gasteiger charge is -2.15. The number of esters is 1. The van der Waals surface area contributed by atoms with Crippen molar-refractivity contribution in [2.45, 2.75) is 13.0 Å². The third kappa shape index (κ3) is 2.96. The van der Waals surface area contributed by atoms with E-state index in [9.17, 15) is 4.79 Å². The first-order valence-corrected chi connectivity index (χ1v) is 5.05. The SMILES string of the molecule is CNc1ncnc(NC(C)C(=O)OC)c1OC. The number of nitrogens with one attached hydrogen (secondary N) is 2. The third-order valence-corrected chi connectivity index (χ3v) is 2.15. The molecule has 2 N–H and O–H groups in total. The van der Waals surface area contributed by atoms with Crippen molar-refractivity contribution in [2.24, 2.45) is 0 Å². The highest BCUT2D eigenvalue weighted by Gasteiger charge is 2.17. The van der Waals surface area contributed by atoms with Crippen LogP contribution in [0.25, 0.3) is 0 Å². The number of hydrogen-bond acceptors (Lipinski definition) is 7. The van der Waals surface area contributed by atoms with Gasteiger partial charge in [0, 0.05) is 7.05 Å². The molecule has 1 aromatic heterocycles. The molecule has 0 spiro atoms. The maximum absolute atomic E-state index is 11.3. The van der Waals surface area contributed by atoms with Crippen LogP contribution in [0.2, 0.25) is 0 Å². The van der Waals surface area contributed by atoms with Gasteiger partial charge in [0.1, 0.15) is 12.4 Å². The topological polar surface area (TPSA) is 85.4 Å². The van der Waals surface area contributed by atoms with Crippen LogP contribution in [0.15, 0.2) is 6.33 Å². The molecule has 1 aromatic rings. The third-order valence-electron chi connectivity index (χ3n) is 2.15. The van der Waals surface area contributed by atoms with Crippen LogP contribution in [0.1, 0.15) is 6.92 Å². The number of methoxy groups -OCH3 is 2. The van der Waals surface area contributed by atoms with E-state index in [-0.39, 0.29) is 5.97 Å². The van der Waals surface area contributed by atoms with Crippen molar-refractivity contribution in [2.75, 3.05) is 31.9 Å². The number of carbonyl (C=O) groups excluding carboxylic acids is 1. The van der Waals surface area contributed by atoms with Gasteiger partial charge in [0.15, 0.2) is 11.6 Å². The Bertz CT molecular complexity index is 397. The standard InChI is InChI=1S/C10H16N4O3/c1-6(10(15)17-4)14-9-7(16-3)8(11-2)12-5-13-9/h5-6H,1-4H3,(H2,11,12,13,14). The van der Waals surface area contributed by atoms with E-state index in [1.54, 1.807) is 14.0 Å². The molecule has 0 aromatic carbocycles. The average molecular weight is 240 g/mol. The van der Waals surface area contributed by atoms with Gasteiger partial charge in [-0.25, -0.2) is 14.8 Å². The van der Waals surface area contributed by atoms with Crippen molar-refractivity contribution < 1.29 is 14.3 Å². The van der Waals surface area contributed by atoms with E-state index in [1.165, 1.54) is 20.5 Å². The van der Waals surface area contributed by atoms with Gasteiger partial charge in [0.2, 0.25) is 5.75 Å². The van der Waals surface area contributed by atoms with Gasteiger partial charge in [-0.3, -0.25) is 0 Å². The molecule has 1 rings (SSSR count). The summed E-state index contributed by atoms with van der Waals surface area (Å²) < 4.78 is 9.79. The first-order valence-electron chi connectivity index (χ1n) is 5.05. The quantitative estimate of drug-likeness (QED) is 0.725. The molecule has 0 saturated carbocycles.